The van der Waals surface area contributed by atoms with E-state index in [9.17, 15) is 4.79 Å². The van der Waals surface area contributed by atoms with E-state index in [1.165, 1.54) is 0 Å². The molecule has 100 valence electrons. The van der Waals surface area contributed by atoms with Crippen molar-refractivity contribution in [3.63, 3.8) is 0 Å². The number of amides is 1. The maximum absolute atomic E-state index is 12.0. The lowest BCUT2D eigenvalue weighted by Crippen LogP contribution is -2.12. The number of aryl methyl sites for hydroxylation is 1. The van der Waals surface area contributed by atoms with Crippen molar-refractivity contribution < 1.29 is 9.53 Å². The van der Waals surface area contributed by atoms with E-state index in [2.05, 4.69) is 16.2 Å². The zero-order valence-corrected chi connectivity index (χ0v) is 11.1. The van der Waals surface area contributed by atoms with Gasteiger partial charge in [0.05, 0.1) is 5.56 Å². The van der Waals surface area contributed by atoms with E-state index in [0.29, 0.717) is 17.0 Å². The molecule has 1 aromatic carbocycles. The number of terminal acetylenes is 1. The molecule has 0 fully saturated rings. The Hall–Kier alpha value is -2.80. The lowest BCUT2D eigenvalue weighted by molar-refractivity contribution is 0.102. The van der Waals surface area contributed by atoms with Gasteiger partial charge in [0.1, 0.15) is 12.4 Å². The zero-order chi connectivity index (χ0) is 14.4. The van der Waals surface area contributed by atoms with Crippen LogP contribution in [0.3, 0.4) is 0 Å². The first-order valence-electron chi connectivity index (χ1n) is 6.09. The molecule has 0 aliphatic rings. The Labute approximate surface area is 117 Å². The van der Waals surface area contributed by atoms with E-state index in [1.807, 2.05) is 6.92 Å². The average Bonchev–Trinajstić information content (AvgIpc) is 2.47. The fourth-order valence-corrected chi connectivity index (χ4v) is 1.56. The molecule has 4 nitrogen and oxygen atoms in total. The third-order valence-corrected chi connectivity index (χ3v) is 2.61. The van der Waals surface area contributed by atoms with Crippen molar-refractivity contribution in [3.05, 3.63) is 53.9 Å². The number of carbonyl (C=O) groups excluding carboxylic acids is 1. The molecule has 1 N–H and O–H groups in total. The highest BCUT2D eigenvalue weighted by Gasteiger charge is 2.06. The van der Waals surface area contributed by atoms with Crippen LogP contribution < -0.4 is 10.1 Å². The summed E-state index contributed by atoms with van der Waals surface area (Å²) >= 11 is 0. The van der Waals surface area contributed by atoms with Gasteiger partial charge in [0, 0.05) is 17.6 Å². The lowest BCUT2D eigenvalue weighted by atomic mass is 10.2. The Morgan fingerprint density at radius 1 is 1.30 bits per heavy atom. The van der Waals surface area contributed by atoms with Crippen LogP contribution in [0, 0.1) is 19.3 Å². The standard InChI is InChI=1S/C16H14N2O2/c1-3-10-20-15-8-6-14(7-9-15)18-16(19)13-5-4-12(2)17-11-13/h1,4-9,11H,10H2,2H3,(H,18,19). The van der Waals surface area contributed by atoms with Crippen molar-refractivity contribution in [2.45, 2.75) is 6.92 Å². The van der Waals surface area contributed by atoms with Crippen LogP contribution in [0.4, 0.5) is 5.69 Å². The topological polar surface area (TPSA) is 51.2 Å². The highest BCUT2D eigenvalue weighted by atomic mass is 16.5. The van der Waals surface area contributed by atoms with E-state index in [1.54, 1.807) is 42.6 Å². The summed E-state index contributed by atoms with van der Waals surface area (Å²) in [5.74, 6) is 2.86. The van der Waals surface area contributed by atoms with Crippen LogP contribution in [0.25, 0.3) is 0 Å². The molecule has 0 bridgehead atoms. The van der Waals surface area contributed by atoms with Crippen LogP contribution in [0.2, 0.25) is 0 Å². The lowest BCUT2D eigenvalue weighted by Gasteiger charge is -2.07. The minimum absolute atomic E-state index is 0.199. The van der Waals surface area contributed by atoms with Crippen molar-refractivity contribution in [1.82, 2.24) is 4.98 Å². The summed E-state index contributed by atoms with van der Waals surface area (Å²) < 4.78 is 5.25. The van der Waals surface area contributed by atoms with Crippen LogP contribution >= 0.6 is 0 Å². The van der Waals surface area contributed by atoms with Gasteiger partial charge < -0.3 is 10.1 Å². The molecule has 2 aromatic rings. The second kappa shape index (κ2) is 6.39. The number of hydrogen-bond acceptors (Lipinski definition) is 3. The van der Waals surface area contributed by atoms with Gasteiger partial charge in [0.25, 0.3) is 5.91 Å². The Morgan fingerprint density at radius 3 is 2.65 bits per heavy atom. The summed E-state index contributed by atoms with van der Waals surface area (Å²) in [4.78, 5) is 16.1. The summed E-state index contributed by atoms with van der Waals surface area (Å²) in [6.07, 6.45) is 6.66. The van der Waals surface area contributed by atoms with E-state index in [0.717, 1.165) is 5.69 Å². The Morgan fingerprint density at radius 2 is 2.05 bits per heavy atom. The molecule has 1 heterocycles. The van der Waals surface area contributed by atoms with Gasteiger partial charge in [-0.2, -0.15) is 0 Å². The first kappa shape index (κ1) is 13.6. The molecule has 0 unspecified atom stereocenters. The van der Waals surface area contributed by atoms with Crippen LogP contribution in [0.15, 0.2) is 42.6 Å². The Balaban J connectivity index is 2.01. The predicted molar refractivity (Wildman–Crippen MR) is 77.7 cm³/mol. The number of rotatable bonds is 4. The smallest absolute Gasteiger partial charge is 0.257 e. The average molecular weight is 266 g/mol. The minimum Gasteiger partial charge on any atom is -0.481 e. The normalized spacial score (nSPS) is 9.60. The number of hydrogen-bond donors (Lipinski definition) is 1. The molecule has 1 amide bonds. The van der Waals surface area contributed by atoms with Crippen molar-refractivity contribution in [3.8, 4) is 18.1 Å². The summed E-state index contributed by atoms with van der Waals surface area (Å²) in [5.41, 5.74) is 2.07. The van der Waals surface area contributed by atoms with Gasteiger partial charge in [-0.05, 0) is 43.3 Å². The summed E-state index contributed by atoms with van der Waals surface area (Å²) in [6, 6.07) is 10.5. The van der Waals surface area contributed by atoms with Crippen LogP contribution in [0.5, 0.6) is 5.75 Å². The molecule has 0 aliphatic heterocycles. The maximum Gasteiger partial charge on any atom is 0.257 e. The van der Waals surface area contributed by atoms with Gasteiger partial charge in [0.15, 0.2) is 0 Å². The molecular weight excluding hydrogens is 252 g/mol. The van der Waals surface area contributed by atoms with Crippen LogP contribution in [0.1, 0.15) is 16.1 Å². The second-order valence-electron chi connectivity index (χ2n) is 4.16. The largest absolute Gasteiger partial charge is 0.481 e. The summed E-state index contributed by atoms with van der Waals surface area (Å²) in [7, 11) is 0. The number of aromatic nitrogens is 1. The molecule has 4 heteroatoms. The first-order chi connectivity index (χ1) is 9.69. The monoisotopic (exact) mass is 266 g/mol. The highest BCUT2D eigenvalue weighted by molar-refractivity contribution is 6.04. The fourth-order valence-electron chi connectivity index (χ4n) is 1.56. The third-order valence-electron chi connectivity index (χ3n) is 2.61. The number of pyridine rings is 1. The van der Waals surface area contributed by atoms with Crippen molar-refractivity contribution in [2.24, 2.45) is 0 Å². The van der Waals surface area contributed by atoms with Gasteiger partial charge in [0.2, 0.25) is 0 Å². The SMILES string of the molecule is C#CCOc1ccc(NC(=O)c2ccc(C)nc2)cc1. The van der Waals surface area contributed by atoms with E-state index in [-0.39, 0.29) is 12.5 Å². The molecule has 2 rings (SSSR count). The number of nitrogens with zero attached hydrogens (tertiary/aromatic N) is 1. The van der Waals surface area contributed by atoms with E-state index in [4.69, 9.17) is 11.2 Å². The molecule has 0 saturated heterocycles. The highest BCUT2D eigenvalue weighted by Crippen LogP contribution is 2.16. The Kier molecular flexibility index (Phi) is 4.35. The van der Waals surface area contributed by atoms with Gasteiger partial charge in [-0.25, -0.2) is 0 Å². The van der Waals surface area contributed by atoms with E-state index < -0.39 is 0 Å². The Bertz CT molecular complexity index is 625. The van der Waals surface area contributed by atoms with E-state index >= 15 is 0 Å². The number of nitrogens with one attached hydrogen (secondary N) is 1. The molecular formula is C16H14N2O2. The van der Waals surface area contributed by atoms with Crippen LogP contribution in [-0.2, 0) is 0 Å². The minimum atomic E-state index is -0.199. The molecule has 0 radical (unpaired) electrons. The quantitative estimate of drug-likeness (QED) is 0.865. The molecule has 0 atom stereocenters. The second-order valence-corrected chi connectivity index (χ2v) is 4.16. The van der Waals surface area contributed by atoms with Crippen molar-refractivity contribution in [1.29, 1.82) is 0 Å². The van der Waals surface area contributed by atoms with Gasteiger partial charge in [-0.15, -0.1) is 6.42 Å². The van der Waals surface area contributed by atoms with Crippen molar-refractivity contribution >= 4 is 11.6 Å². The molecule has 1 aromatic heterocycles. The third kappa shape index (κ3) is 3.59. The number of anilines is 1. The first-order valence-corrected chi connectivity index (χ1v) is 6.09. The molecule has 0 saturated carbocycles. The number of carbonyl (C=O) groups is 1. The van der Waals surface area contributed by atoms with Gasteiger partial charge in [-0.1, -0.05) is 5.92 Å². The predicted octanol–water partition coefficient (Wildman–Crippen LogP) is 2.65. The molecule has 0 spiro atoms. The fraction of sp³-hybridized carbons (Fsp3) is 0.125. The number of ether oxygens (including phenoxy) is 1. The number of benzene rings is 1. The summed E-state index contributed by atoms with van der Waals surface area (Å²) in [6.45, 7) is 2.09. The molecule has 0 aliphatic carbocycles. The van der Waals surface area contributed by atoms with Gasteiger partial charge in [-0.3, -0.25) is 9.78 Å². The zero-order valence-electron chi connectivity index (χ0n) is 11.1. The van der Waals surface area contributed by atoms with Crippen LogP contribution in [-0.4, -0.2) is 17.5 Å². The maximum atomic E-state index is 12.0. The van der Waals surface area contributed by atoms with Gasteiger partial charge >= 0.3 is 0 Å². The molecule has 20 heavy (non-hydrogen) atoms. The summed E-state index contributed by atoms with van der Waals surface area (Å²) in [5, 5.41) is 2.79. The van der Waals surface area contributed by atoms with Crippen molar-refractivity contribution in [2.75, 3.05) is 11.9 Å².